The van der Waals surface area contributed by atoms with Crippen LogP contribution in [0.25, 0.3) is 0 Å². The predicted octanol–water partition coefficient (Wildman–Crippen LogP) is 0.778. The normalized spacial score (nSPS) is 18.2. The van der Waals surface area contributed by atoms with Crippen LogP contribution in [0.5, 0.6) is 0 Å². The first-order valence-electron chi connectivity index (χ1n) is 7.97. The molecule has 1 N–H and O–H groups in total. The quantitative estimate of drug-likeness (QED) is 0.793. The Hall–Kier alpha value is -2.48. The van der Waals surface area contributed by atoms with Gasteiger partial charge in [0.05, 0.1) is 25.4 Å². The number of amides is 2. The molecule has 1 fully saturated rings. The van der Waals surface area contributed by atoms with Crippen molar-refractivity contribution in [3.8, 4) is 0 Å². The van der Waals surface area contributed by atoms with Crippen LogP contribution in [0.3, 0.4) is 0 Å². The van der Waals surface area contributed by atoms with Crippen LogP contribution in [-0.2, 0) is 19.1 Å². The minimum Gasteiger partial charge on any atom is -0.468 e. The van der Waals surface area contributed by atoms with Crippen molar-refractivity contribution in [2.45, 2.75) is 19.9 Å². The molecule has 0 bridgehead atoms. The third kappa shape index (κ3) is 4.76. The highest BCUT2D eigenvalue weighted by atomic mass is 19.1. The highest BCUT2D eigenvalue weighted by molar-refractivity contribution is 5.93. The molecule has 2 amide bonds. The Bertz CT molecular complexity index is 680. The molecule has 0 radical (unpaired) electrons. The lowest BCUT2D eigenvalue weighted by molar-refractivity contribution is -0.152. The zero-order valence-corrected chi connectivity index (χ0v) is 14.5. The fraction of sp³-hybridized carbons (Fsp3) is 0.471. The van der Waals surface area contributed by atoms with Gasteiger partial charge in [-0.15, -0.1) is 0 Å². The van der Waals surface area contributed by atoms with E-state index in [1.807, 2.05) is 0 Å². The predicted molar refractivity (Wildman–Crippen MR) is 89.4 cm³/mol. The Labute approximate surface area is 145 Å². The molecule has 1 heterocycles. The topological polar surface area (TPSA) is 79.0 Å². The number of nitrogens with zero attached hydrogens (tertiary/aromatic N) is 2. The second-order valence-corrected chi connectivity index (χ2v) is 6.01. The van der Waals surface area contributed by atoms with E-state index in [0.717, 1.165) is 5.56 Å². The van der Waals surface area contributed by atoms with Crippen molar-refractivity contribution in [1.82, 2.24) is 9.80 Å². The summed E-state index contributed by atoms with van der Waals surface area (Å²) in [7, 11) is 1.27. The number of anilines is 1. The Kier molecular flexibility index (Phi) is 6.08. The largest absolute Gasteiger partial charge is 0.468 e. The summed E-state index contributed by atoms with van der Waals surface area (Å²) >= 11 is 0. The van der Waals surface area contributed by atoms with Crippen LogP contribution < -0.4 is 5.32 Å². The molecule has 1 aliphatic heterocycles. The van der Waals surface area contributed by atoms with E-state index >= 15 is 0 Å². The van der Waals surface area contributed by atoms with Gasteiger partial charge in [-0.2, -0.15) is 0 Å². The monoisotopic (exact) mass is 351 g/mol. The molecule has 8 heteroatoms. The van der Waals surface area contributed by atoms with Gasteiger partial charge in [-0.1, -0.05) is 6.07 Å². The van der Waals surface area contributed by atoms with E-state index in [2.05, 4.69) is 10.1 Å². The summed E-state index contributed by atoms with van der Waals surface area (Å²) in [5, 5.41) is 2.53. The molecule has 0 spiro atoms. The summed E-state index contributed by atoms with van der Waals surface area (Å²) in [5.74, 6) is -1.63. The van der Waals surface area contributed by atoms with E-state index in [1.54, 1.807) is 30.9 Å². The molecule has 1 atom stereocenters. The van der Waals surface area contributed by atoms with Crippen molar-refractivity contribution in [3.63, 3.8) is 0 Å². The zero-order chi connectivity index (χ0) is 18.6. The average Bonchev–Trinajstić information content (AvgIpc) is 2.57. The van der Waals surface area contributed by atoms with Gasteiger partial charge in [0.2, 0.25) is 11.8 Å². The van der Waals surface area contributed by atoms with Gasteiger partial charge in [0, 0.05) is 13.1 Å². The standard InChI is InChI=1S/C17H22FN3O4/c1-11-4-5-13(18)14(8-11)19-15(22)9-20-6-7-21(10-16(23)25-3)17(24)12(20)2/h4-5,8,12H,6-7,9-10H2,1-3H3,(H,19,22). The van der Waals surface area contributed by atoms with E-state index in [0.29, 0.717) is 13.1 Å². The number of esters is 1. The molecule has 0 aliphatic carbocycles. The van der Waals surface area contributed by atoms with E-state index < -0.39 is 23.7 Å². The van der Waals surface area contributed by atoms with Gasteiger partial charge in [-0.3, -0.25) is 19.3 Å². The second-order valence-electron chi connectivity index (χ2n) is 6.01. The summed E-state index contributed by atoms with van der Waals surface area (Å²) in [5.41, 5.74) is 0.949. The van der Waals surface area contributed by atoms with Crippen molar-refractivity contribution in [2.75, 3.05) is 38.6 Å². The van der Waals surface area contributed by atoms with Gasteiger partial charge in [0.1, 0.15) is 12.4 Å². The summed E-state index contributed by atoms with van der Waals surface area (Å²) in [6, 6.07) is 3.91. The van der Waals surface area contributed by atoms with Crippen LogP contribution >= 0.6 is 0 Å². The molecule has 25 heavy (non-hydrogen) atoms. The number of carbonyl (C=O) groups is 3. The van der Waals surface area contributed by atoms with Crippen molar-refractivity contribution < 1.29 is 23.5 Å². The van der Waals surface area contributed by atoms with Gasteiger partial charge in [0.25, 0.3) is 0 Å². The Morgan fingerprint density at radius 1 is 1.32 bits per heavy atom. The third-order valence-electron chi connectivity index (χ3n) is 4.16. The van der Waals surface area contributed by atoms with Crippen LogP contribution in [0.15, 0.2) is 18.2 Å². The number of hydrogen-bond acceptors (Lipinski definition) is 5. The minimum absolute atomic E-state index is 0.0354. The summed E-state index contributed by atoms with van der Waals surface area (Å²) in [6.45, 7) is 4.10. The van der Waals surface area contributed by atoms with Crippen molar-refractivity contribution >= 4 is 23.5 Å². The molecular formula is C17H22FN3O4. The fourth-order valence-electron chi connectivity index (χ4n) is 2.68. The maximum Gasteiger partial charge on any atom is 0.325 e. The number of methoxy groups -OCH3 is 1. The van der Waals surface area contributed by atoms with Gasteiger partial charge in [-0.25, -0.2) is 4.39 Å². The van der Waals surface area contributed by atoms with Crippen molar-refractivity contribution in [2.24, 2.45) is 0 Å². The third-order valence-corrected chi connectivity index (χ3v) is 4.16. The number of benzene rings is 1. The Morgan fingerprint density at radius 2 is 2.04 bits per heavy atom. The van der Waals surface area contributed by atoms with Crippen LogP contribution in [-0.4, -0.2) is 66.9 Å². The minimum atomic E-state index is -0.550. The first-order chi connectivity index (χ1) is 11.8. The number of hydrogen-bond donors (Lipinski definition) is 1. The molecule has 1 saturated heterocycles. The first kappa shape index (κ1) is 18.9. The molecular weight excluding hydrogens is 329 g/mol. The molecule has 1 unspecified atom stereocenters. The van der Waals surface area contributed by atoms with Crippen molar-refractivity contribution in [1.29, 1.82) is 0 Å². The summed E-state index contributed by atoms with van der Waals surface area (Å²) in [4.78, 5) is 38.9. The highest BCUT2D eigenvalue weighted by Gasteiger charge is 2.33. The summed E-state index contributed by atoms with van der Waals surface area (Å²) in [6.07, 6.45) is 0. The molecule has 1 aromatic carbocycles. The van der Waals surface area contributed by atoms with Crippen LogP contribution in [0.2, 0.25) is 0 Å². The number of nitrogens with one attached hydrogen (secondary N) is 1. The number of piperazine rings is 1. The molecule has 1 aliphatic rings. The van der Waals surface area contributed by atoms with E-state index in [-0.39, 0.29) is 24.7 Å². The smallest absolute Gasteiger partial charge is 0.325 e. The number of aryl methyl sites for hydroxylation is 1. The second kappa shape index (κ2) is 8.06. The number of rotatable bonds is 5. The van der Waals surface area contributed by atoms with Crippen molar-refractivity contribution in [3.05, 3.63) is 29.6 Å². The van der Waals surface area contributed by atoms with Gasteiger partial charge < -0.3 is 15.0 Å². The Morgan fingerprint density at radius 3 is 2.72 bits per heavy atom. The molecule has 0 aromatic heterocycles. The van der Waals surface area contributed by atoms with Gasteiger partial charge >= 0.3 is 5.97 Å². The lowest BCUT2D eigenvalue weighted by Gasteiger charge is -2.38. The summed E-state index contributed by atoms with van der Waals surface area (Å²) < 4.78 is 18.3. The molecule has 136 valence electrons. The maximum atomic E-state index is 13.7. The van der Waals surface area contributed by atoms with Crippen LogP contribution in [0.1, 0.15) is 12.5 Å². The molecule has 0 saturated carbocycles. The lowest BCUT2D eigenvalue weighted by atomic mass is 10.1. The molecule has 1 aromatic rings. The number of halogens is 1. The van der Waals surface area contributed by atoms with E-state index in [4.69, 9.17) is 0 Å². The van der Waals surface area contributed by atoms with Crippen LogP contribution in [0, 0.1) is 12.7 Å². The number of ether oxygens (including phenoxy) is 1. The molecule has 7 nitrogen and oxygen atoms in total. The zero-order valence-electron chi connectivity index (χ0n) is 14.5. The van der Waals surface area contributed by atoms with E-state index in [9.17, 15) is 18.8 Å². The highest BCUT2D eigenvalue weighted by Crippen LogP contribution is 2.16. The maximum absolute atomic E-state index is 13.7. The Balaban J connectivity index is 1.94. The first-order valence-corrected chi connectivity index (χ1v) is 7.97. The fourth-order valence-corrected chi connectivity index (χ4v) is 2.68. The average molecular weight is 351 g/mol. The van der Waals surface area contributed by atoms with Gasteiger partial charge in [0.15, 0.2) is 0 Å². The van der Waals surface area contributed by atoms with E-state index in [1.165, 1.54) is 18.1 Å². The molecule has 2 rings (SSSR count). The van der Waals surface area contributed by atoms with Crippen LogP contribution in [0.4, 0.5) is 10.1 Å². The lowest BCUT2D eigenvalue weighted by Crippen LogP contribution is -2.58. The SMILES string of the molecule is COC(=O)CN1CCN(CC(=O)Nc2cc(C)ccc2F)C(C)C1=O. The van der Waals surface area contributed by atoms with Gasteiger partial charge in [-0.05, 0) is 31.5 Å². The number of carbonyl (C=O) groups excluding carboxylic acids is 3.